The summed E-state index contributed by atoms with van der Waals surface area (Å²) in [5, 5.41) is 9.85. The number of aliphatic carboxylic acids is 1. The minimum absolute atomic E-state index is 0.140. The van der Waals surface area contributed by atoms with Crippen molar-refractivity contribution in [2.75, 3.05) is 6.54 Å². The maximum atomic E-state index is 12.4. The number of furan rings is 1. The first-order valence-electron chi connectivity index (χ1n) is 7.28. The van der Waals surface area contributed by atoms with E-state index in [9.17, 15) is 9.59 Å². The van der Waals surface area contributed by atoms with E-state index >= 15 is 0 Å². The Hall–Kier alpha value is -2.30. The topological polar surface area (TPSA) is 70.8 Å². The lowest BCUT2D eigenvalue weighted by atomic mass is 10.0. The first kappa shape index (κ1) is 16.1. The predicted octanol–water partition coefficient (Wildman–Crippen LogP) is 2.91. The van der Waals surface area contributed by atoms with Gasteiger partial charge in [0, 0.05) is 17.0 Å². The second kappa shape index (κ2) is 6.22. The molecule has 2 aromatic rings. The van der Waals surface area contributed by atoms with Crippen molar-refractivity contribution in [1.82, 2.24) is 4.90 Å². The lowest BCUT2D eigenvalue weighted by Crippen LogP contribution is -2.41. The smallest absolute Gasteiger partial charge is 0.323 e. The summed E-state index contributed by atoms with van der Waals surface area (Å²) in [7, 11) is 0. The fourth-order valence-corrected chi connectivity index (χ4v) is 2.49. The monoisotopic (exact) mass is 303 g/mol. The van der Waals surface area contributed by atoms with Gasteiger partial charge in [0.25, 0.3) is 0 Å². The summed E-state index contributed by atoms with van der Waals surface area (Å²) >= 11 is 0. The molecule has 2 rings (SSSR count). The first-order valence-corrected chi connectivity index (χ1v) is 7.28. The number of aryl methyl sites for hydroxylation is 2. The second-order valence-corrected chi connectivity index (χ2v) is 5.83. The van der Waals surface area contributed by atoms with Crippen LogP contribution in [-0.4, -0.2) is 34.5 Å². The van der Waals surface area contributed by atoms with Gasteiger partial charge in [-0.05, 0) is 38.8 Å². The highest BCUT2D eigenvalue weighted by Gasteiger charge is 2.21. The van der Waals surface area contributed by atoms with Gasteiger partial charge in [-0.2, -0.15) is 0 Å². The Balaban J connectivity index is 2.28. The van der Waals surface area contributed by atoms with E-state index in [1.807, 2.05) is 39.8 Å². The molecule has 0 radical (unpaired) electrons. The van der Waals surface area contributed by atoms with Crippen molar-refractivity contribution in [3.8, 4) is 0 Å². The Bertz CT molecular complexity index is 715. The normalized spacial score (nSPS) is 11.1. The zero-order chi connectivity index (χ0) is 16.4. The molecule has 1 N–H and O–H groups in total. The molecular formula is C17H21NO4. The van der Waals surface area contributed by atoms with Gasteiger partial charge in [0.05, 0.1) is 12.7 Å². The Morgan fingerprint density at radius 1 is 1.27 bits per heavy atom. The van der Waals surface area contributed by atoms with E-state index in [0.717, 1.165) is 27.7 Å². The molecule has 0 aliphatic rings. The number of fused-ring (bicyclic) bond motifs is 1. The maximum absolute atomic E-state index is 12.4. The van der Waals surface area contributed by atoms with Gasteiger partial charge in [0.15, 0.2) is 0 Å². The fraction of sp³-hybridized carbons (Fsp3) is 0.412. The second-order valence-electron chi connectivity index (χ2n) is 5.83. The van der Waals surface area contributed by atoms with Crippen molar-refractivity contribution in [1.29, 1.82) is 0 Å². The molecule has 0 fully saturated rings. The first-order chi connectivity index (χ1) is 10.3. The minimum atomic E-state index is -1.01. The molecule has 0 saturated heterocycles. The molecule has 0 saturated carbocycles. The van der Waals surface area contributed by atoms with Crippen LogP contribution in [0, 0.1) is 13.8 Å². The summed E-state index contributed by atoms with van der Waals surface area (Å²) in [6.07, 6.45) is 1.73. The highest BCUT2D eigenvalue weighted by molar-refractivity contribution is 5.90. The molecule has 1 aromatic heterocycles. The number of nitrogens with zero attached hydrogens (tertiary/aromatic N) is 1. The van der Waals surface area contributed by atoms with Crippen LogP contribution in [0.4, 0.5) is 0 Å². The van der Waals surface area contributed by atoms with Gasteiger partial charge in [-0.25, -0.2) is 0 Å². The van der Waals surface area contributed by atoms with Crippen LogP contribution in [0.3, 0.4) is 0 Å². The Labute approximate surface area is 129 Å². The fourth-order valence-electron chi connectivity index (χ4n) is 2.49. The largest absolute Gasteiger partial charge is 0.480 e. The van der Waals surface area contributed by atoms with Crippen LogP contribution in [-0.2, 0) is 16.0 Å². The quantitative estimate of drug-likeness (QED) is 0.922. The number of hydrogen-bond acceptors (Lipinski definition) is 3. The third-order valence-electron chi connectivity index (χ3n) is 3.93. The predicted molar refractivity (Wildman–Crippen MR) is 83.9 cm³/mol. The summed E-state index contributed by atoms with van der Waals surface area (Å²) in [5.41, 5.74) is 3.77. The van der Waals surface area contributed by atoms with Gasteiger partial charge in [0.2, 0.25) is 5.91 Å². The number of hydrogen-bond donors (Lipinski definition) is 1. The van der Waals surface area contributed by atoms with Crippen molar-refractivity contribution >= 4 is 22.8 Å². The van der Waals surface area contributed by atoms with Gasteiger partial charge >= 0.3 is 5.97 Å². The molecule has 5 nitrogen and oxygen atoms in total. The minimum Gasteiger partial charge on any atom is -0.480 e. The van der Waals surface area contributed by atoms with Crippen molar-refractivity contribution in [2.45, 2.75) is 40.2 Å². The van der Waals surface area contributed by atoms with E-state index in [0.29, 0.717) is 0 Å². The van der Waals surface area contributed by atoms with E-state index in [1.54, 1.807) is 6.26 Å². The van der Waals surface area contributed by atoms with Crippen LogP contribution in [0.1, 0.15) is 30.5 Å². The third kappa shape index (κ3) is 3.13. The molecule has 5 heteroatoms. The van der Waals surface area contributed by atoms with Gasteiger partial charge in [-0.15, -0.1) is 0 Å². The average molecular weight is 303 g/mol. The number of carbonyl (C=O) groups is 2. The van der Waals surface area contributed by atoms with E-state index in [2.05, 4.69) is 0 Å². The Morgan fingerprint density at radius 2 is 1.95 bits per heavy atom. The average Bonchev–Trinajstić information content (AvgIpc) is 2.83. The molecule has 0 atom stereocenters. The van der Waals surface area contributed by atoms with Gasteiger partial charge in [-0.3, -0.25) is 9.59 Å². The summed E-state index contributed by atoms with van der Waals surface area (Å²) in [4.78, 5) is 24.7. The van der Waals surface area contributed by atoms with E-state index in [4.69, 9.17) is 9.52 Å². The lowest BCUT2D eigenvalue weighted by Gasteiger charge is -2.24. The van der Waals surface area contributed by atoms with Crippen LogP contribution in [0.2, 0.25) is 0 Å². The number of carboxylic acid groups (broad SMARTS) is 1. The van der Waals surface area contributed by atoms with Crippen LogP contribution in [0.5, 0.6) is 0 Å². The number of amides is 1. The molecule has 0 aliphatic carbocycles. The molecule has 0 bridgehead atoms. The lowest BCUT2D eigenvalue weighted by molar-refractivity contribution is -0.145. The molecule has 0 spiro atoms. The van der Waals surface area contributed by atoms with Crippen LogP contribution in [0.25, 0.3) is 11.0 Å². The Kier molecular flexibility index (Phi) is 4.54. The van der Waals surface area contributed by atoms with E-state index in [-0.39, 0.29) is 24.9 Å². The molecule has 1 heterocycles. The number of carboxylic acids is 1. The SMILES string of the molecule is Cc1ccc2c(CC(=O)N(CC(=O)O)C(C)C)coc2c1C. The summed E-state index contributed by atoms with van der Waals surface area (Å²) in [6.45, 7) is 7.32. The van der Waals surface area contributed by atoms with Gasteiger partial charge < -0.3 is 14.4 Å². The van der Waals surface area contributed by atoms with E-state index in [1.165, 1.54) is 4.90 Å². The molecule has 22 heavy (non-hydrogen) atoms. The zero-order valence-electron chi connectivity index (χ0n) is 13.3. The number of rotatable bonds is 5. The highest BCUT2D eigenvalue weighted by Crippen LogP contribution is 2.27. The third-order valence-corrected chi connectivity index (χ3v) is 3.93. The van der Waals surface area contributed by atoms with Crippen molar-refractivity contribution in [2.24, 2.45) is 0 Å². The molecule has 118 valence electrons. The Morgan fingerprint density at radius 3 is 2.55 bits per heavy atom. The van der Waals surface area contributed by atoms with Crippen molar-refractivity contribution < 1.29 is 19.1 Å². The molecule has 0 unspecified atom stereocenters. The maximum Gasteiger partial charge on any atom is 0.323 e. The summed E-state index contributed by atoms with van der Waals surface area (Å²) in [6, 6.07) is 3.78. The van der Waals surface area contributed by atoms with Crippen molar-refractivity contribution in [3.63, 3.8) is 0 Å². The van der Waals surface area contributed by atoms with Gasteiger partial charge in [-0.1, -0.05) is 12.1 Å². The molecule has 1 amide bonds. The van der Waals surface area contributed by atoms with E-state index < -0.39 is 5.97 Å². The standard InChI is InChI=1S/C17H21NO4/c1-10(2)18(8-16(20)21)15(19)7-13-9-22-17-12(4)11(3)5-6-14(13)17/h5-6,9-10H,7-8H2,1-4H3,(H,20,21). The zero-order valence-corrected chi connectivity index (χ0v) is 13.3. The summed E-state index contributed by atoms with van der Waals surface area (Å²) in [5.74, 6) is -1.22. The van der Waals surface area contributed by atoms with Gasteiger partial charge in [0.1, 0.15) is 12.1 Å². The number of carbonyl (C=O) groups excluding carboxylic acids is 1. The molecular weight excluding hydrogens is 282 g/mol. The number of benzene rings is 1. The molecule has 1 aromatic carbocycles. The van der Waals surface area contributed by atoms with Crippen molar-refractivity contribution in [3.05, 3.63) is 35.1 Å². The molecule has 0 aliphatic heterocycles. The van der Waals surface area contributed by atoms with Crippen LogP contribution < -0.4 is 0 Å². The summed E-state index contributed by atoms with van der Waals surface area (Å²) < 4.78 is 5.60. The van der Waals surface area contributed by atoms with Crippen LogP contribution in [0.15, 0.2) is 22.8 Å². The highest BCUT2D eigenvalue weighted by atomic mass is 16.4. The van der Waals surface area contributed by atoms with Crippen LogP contribution >= 0.6 is 0 Å².